The first-order valence-electron chi connectivity index (χ1n) is 7.97. The second-order valence-corrected chi connectivity index (χ2v) is 7.88. The second-order valence-electron chi connectivity index (χ2n) is 5.72. The van der Waals surface area contributed by atoms with Crippen LogP contribution in [0.15, 0.2) is 36.4 Å². The second kappa shape index (κ2) is 8.41. The summed E-state index contributed by atoms with van der Waals surface area (Å²) >= 11 is 6.15. The van der Waals surface area contributed by atoms with E-state index in [1.54, 1.807) is 32.0 Å². The van der Waals surface area contributed by atoms with Gasteiger partial charge in [0.2, 0.25) is 10.0 Å². The summed E-state index contributed by atoms with van der Waals surface area (Å²) in [5.74, 6) is -0.969. The third-order valence-corrected chi connectivity index (χ3v) is 4.51. The molecule has 2 N–H and O–H groups in total. The first kappa shape index (κ1) is 20.7. The molecule has 2 rings (SSSR count). The molecule has 0 fully saturated rings. The van der Waals surface area contributed by atoms with E-state index < -0.39 is 21.9 Å². The van der Waals surface area contributed by atoms with E-state index in [2.05, 4.69) is 10.0 Å². The van der Waals surface area contributed by atoms with E-state index in [9.17, 15) is 18.0 Å². The van der Waals surface area contributed by atoms with Crippen molar-refractivity contribution in [1.82, 2.24) is 0 Å². The van der Waals surface area contributed by atoms with Crippen LogP contribution in [0.25, 0.3) is 0 Å². The van der Waals surface area contributed by atoms with Gasteiger partial charge in [-0.05, 0) is 49.7 Å². The SMILES string of the molecule is CCOC(=O)c1ccc(NC(=O)c2cccc(NS(C)(=O)=O)c2C)c(Cl)c1. The van der Waals surface area contributed by atoms with E-state index >= 15 is 0 Å². The number of nitrogens with one attached hydrogen (secondary N) is 2. The predicted octanol–water partition coefficient (Wildman–Crippen LogP) is 3.45. The van der Waals surface area contributed by atoms with Gasteiger partial charge in [0.05, 0.1) is 34.8 Å². The number of halogens is 1. The van der Waals surface area contributed by atoms with E-state index in [1.807, 2.05) is 0 Å². The number of rotatable bonds is 6. The Morgan fingerprint density at radius 1 is 1.15 bits per heavy atom. The molecule has 7 nitrogen and oxygen atoms in total. The third kappa shape index (κ3) is 5.45. The number of sulfonamides is 1. The van der Waals surface area contributed by atoms with Gasteiger partial charge in [0.1, 0.15) is 0 Å². The minimum absolute atomic E-state index is 0.178. The molecule has 0 saturated carbocycles. The number of ether oxygens (including phenoxy) is 1. The molecule has 144 valence electrons. The molecule has 0 aromatic heterocycles. The highest BCUT2D eigenvalue weighted by atomic mass is 35.5. The summed E-state index contributed by atoms with van der Waals surface area (Å²) in [6.45, 7) is 3.57. The highest BCUT2D eigenvalue weighted by Gasteiger charge is 2.16. The van der Waals surface area contributed by atoms with Crippen molar-refractivity contribution in [3.8, 4) is 0 Å². The summed E-state index contributed by atoms with van der Waals surface area (Å²) in [5.41, 5.74) is 1.66. The van der Waals surface area contributed by atoms with Crippen molar-refractivity contribution >= 4 is 44.9 Å². The zero-order chi connectivity index (χ0) is 20.2. The average molecular weight is 411 g/mol. The highest BCUT2D eigenvalue weighted by molar-refractivity contribution is 7.92. The molecule has 0 aliphatic carbocycles. The molecule has 0 saturated heterocycles. The molecule has 9 heteroatoms. The van der Waals surface area contributed by atoms with Gasteiger partial charge in [-0.25, -0.2) is 13.2 Å². The van der Waals surface area contributed by atoms with Gasteiger partial charge in [0, 0.05) is 5.56 Å². The standard InChI is InChI=1S/C18H19ClN2O5S/c1-4-26-18(23)12-8-9-16(14(19)10-12)20-17(22)13-6-5-7-15(11(13)2)21-27(3,24)25/h5-10,21H,4H2,1-3H3,(H,20,22). The minimum Gasteiger partial charge on any atom is -0.462 e. The number of carbonyl (C=O) groups is 2. The Balaban J connectivity index is 2.25. The van der Waals surface area contributed by atoms with E-state index in [1.165, 1.54) is 18.2 Å². The maximum atomic E-state index is 12.6. The maximum absolute atomic E-state index is 12.6. The fraction of sp³-hybridized carbons (Fsp3) is 0.222. The van der Waals surface area contributed by atoms with Gasteiger partial charge in [-0.3, -0.25) is 9.52 Å². The zero-order valence-electron chi connectivity index (χ0n) is 15.0. The topological polar surface area (TPSA) is 102 Å². The fourth-order valence-corrected chi connectivity index (χ4v) is 3.19. The Kier molecular flexibility index (Phi) is 6.45. The van der Waals surface area contributed by atoms with Crippen molar-refractivity contribution in [1.29, 1.82) is 0 Å². The van der Waals surface area contributed by atoms with Crippen molar-refractivity contribution < 1.29 is 22.7 Å². The summed E-state index contributed by atoms with van der Waals surface area (Å²) in [6, 6.07) is 9.10. The lowest BCUT2D eigenvalue weighted by Crippen LogP contribution is -2.16. The van der Waals surface area contributed by atoms with E-state index in [0.29, 0.717) is 16.9 Å². The number of esters is 1. The van der Waals surface area contributed by atoms with E-state index in [4.69, 9.17) is 16.3 Å². The molecule has 2 aromatic carbocycles. The van der Waals surface area contributed by atoms with Gasteiger partial charge in [0.15, 0.2) is 0 Å². The van der Waals surface area contributed by atoms with E-state index in [0.717, 1.165) is 6.26 Å². The smallest absolute Gasteiger partial charge is 0.338 e. The Hall–Kier alpha value is -2.58. The highest BCUT2D eigenvalue weighted by Crippen LogP contribution is 2.26. The van der Waals surface area contributed by atoms with Crippen LogP contribution in [0.1, 0.15) is 33.2 Å². The Bertz CT molecular complexity index is 989. The van der Waals surface area contributed by atoms with Crippen LogP contribution in [0.4, 0.5) is 11.4 Å². The van der Waals surface area contributed by atoms with Crippen molar-refractivity contribution in [3.63, 3.8) is 0 Å². The Morgan fingerprint density at radius 2 is 1.85 bits per heavy atom. The molecule has 2 aromatic rings. The van der Waals surface area contributed by atoms with Gasteiger partial charge in [-0.1, -0.05) is 17.7 Å². The van der Waals surface area contributed by atoms with Crippen LogP contribution < -0.4 is 10.0 Å². The minimum atomic E-state index is -3.47. The predicted molar refractivity (Wildman–Crippen MR) is 105 cm³/mol. The number of amides is 1. The van der Waals surface area contributed by atoms with Gasteiger partial charge < -0.3 is 10.1 Å². The van der Waals surface area contributed by atoms with Gasteiger partial charge in [-0.2, -0.15) is 0 Å². The van der Waals surface area contributed by atoms with Crippen molar-refractivity contribution in [3.05, 3.63) is 58.1 Å². The van der Waals surface area contributed by atoms with Crippen molar-refractivity contribution in [2.75, 3.05) is 22.9 Å². The molecule has 0 atom stereocenters. The zero-order valence-corrected chi connectivity index (χ0v) is 16.6. The number of hydrogen-bond acceptors (Lipinski definition) is 5. The third-order valence-electron chi connectivity index (χ3n) is 3.60. The number of hydrogen-bond donors (Lipinski definition) is 2. The average Bonchev–Trinajstić information content (AvgIpc) is 2.57. The van der Waals surface area contributed by atoms with Gasteiger partial charge >= 0.3 is 5.97 Å². The molecule has 0 radical (unpaired) electrons. The Morgan fingerprint density at radius 3 is 2.44 bits per heavy atom. The fourth-order valence-electron chi connectivity index (χ4n) is 2.34. The van der Waals surface area contributed by atoms with Crippen molar-refractivity contribution in [2.45, 2.75) is 13.8 Å². The first-order chi connectivity index (χ1) is 12.6. The number of anilines is 2. The first-order valence-corrected chi connectivity index (χ1v) is 10.2. The number of benzene rings is 2. The molecule has 0 bridgehead atoms. The van der Waals surface area contributed by atoms with Crippen LogP contribution >= 0.6 is 11.6 Å². The summed E-state index contributed by atoms with van der Waals surface area (Å²) in [7, 11) is -3.47. The van der Waals surface area contributed by atoms with Crippen LogP contribution in [0.2, 0.25) is 5.02 Å². The van der Waals surface area contributed by atoms with Crippen LogP contribution in [0.5, 0.6) is 0 Å². The quantitative estimate of drug-likeness (QED) is 0.710. The maximum Gasteiger partial charge on any atom is 0.338 e. The number of carbonyl (C=O) groups excluding carboxylic acids is 2. The molecule has 0 unspecified atom stereocenters. The van der Waals surface area contributed by atoms with Crippen LogP contribution in [-0.2, 0) is 14.8 Å². The largest absolute Gasteiger partial charge is 0.462 e. The molecule has 0 heterocycles. The van der Waals surface area contributed by atoms with Crippen LogP contribution in [0.3, 0.4) is 0 Å². The van der Waals surface area contributed by atoms with E-state index in [-0.39, 0.29) is 22.8 Å². The lowest BCUT2D eigenvalue weighted by molar-refractivity contribution is 0.0526. The molecule has 0 aliphatic rings. The molecular weight excluding hydrogens is 392 g/mol. The summed E-state index contributed by atoms with van der Waals surface area (Å²) in [5, 5.41) is 2.83. The Labute approximate surface area is 162 Å². The lowest BCUT2D eigenvalue weighted by atomic mass is 10.1. The van der Waals surface area contributed by atoms with Gasteiger partial charge in [0.25, 0.3) is 5.91 Å². The van der Waals surface area contributed by atoms with Crippen LogP contribution in [-0.4, -0.2) is 33.2 Å². The molecule has 1 amide bonds. The molecule has 0 spiro atoms. The monoisotopic (exact) mass is 410 g/mol. The molecular formula is C18H19ClN2O5S. The summed E-state index contributed by atoms with van der Waals surface area (Å²) in [6.07, 6.45) is 1.03. The normalized spacial score (nSPS) is 11.0. The van der Waals surface area contributed by atoms with Gasteiger partial charge in [-0.15, -0.1) is 0 Å². The van der Waals surface area contributed by atoms with Crippen LogP contribution in [0, 0.1) is 6.92 Å². The molecule has 0 aliphatic heterocycles. The van der Waals surface area contributed by atoms with Crippen molar-refractivity contribution in [2.24, 2.45) is 0 Å². The summed E-state index contributed by atoms with van der Waals surface area (Å²) < 4.78 is 30.1. The molecule has 27 heavy (non-hydrogen) atoms. The lowest BCUT2D eigenvalue weighted by Gasteiger charge is -2.13. The summed E-state index contributed by atoms with van der Waals surface area (Å²) in [4.78, 5) is 24.3.